The Hall–Kier alpha value is -1.28. The molecule has 1 aromatic heterocycles. The zero-order chi connectivity index (χ0) is 12.0. The Morgan fingerprint density at radius 3 is 2.88 bits per heavy atom. The van der Waals surface area contributed by atoms with Gasteiger partial charge in [-0.15, -0.1) is 0 Å². The number of fused-ring (bicyclic) bond motifs is 3. The Bertz CT molecular complexity index is 578. The third kappa shape index (κ3) is 1.51. The standard InChI is InChI=1S/C15H20N2/c1-10-6-7-13-12-5-4-8-16-9-14(12)17(3)15(13)11(10)2/h6-7,16H,4-5,8-9H2,1-3H3. The van der Waals surface area contributed by atoms with Gasteiger partial charge in [-0.05, 0) is 49.9 Å². The van der Waals surface area contributed by atoms with Gasteiger partial charge in [0.05, 0.1) is 5.52 Å². The summed E-state index contributed by atoms with van der Waals surface area (Å²) in [5.41, 5.74) is 7.29. The summed E-state index contributed by atoms with van der Waals surface area (Å²) in [5.74, 6) is 0. The zero-order valence-electron chi connectivity index (χ0n) is 10.9. The maximum Gasteiger partial charge on any atom is 0.0515 e. The van der Waals surface area contributed by atoms with E-state index in [1.165, 1.54) is 40.6 Å². The van der Waals surface area contributed by atoms with E-state index in [0.29, 0.717) is 0 Å². The van der Waals surface area contributed by atoms with Crippen molar-refractivity contribution in [1.29, 1.82) is 0 Å². The van der Waals surface area contributed by atoms with E-state index in [4.69, 9.17) is 0 Å². The highest BCUT2D eigenvalue weighted by Crippen LogP contribution is 2.31. The van der Waals surface area contributed by atoms with Crippen molar-refractivity contribution >= 4 is 10.9 Å². The third-order valence-electron chi connectivity index (χ3n) is 4.19. The number of aromatic nitrogens is 1. The average molecular weight is 228 g/mol. The van der Waals surface area contributed by atoms with Crippen LogP contribution in [0, 0.1) is 13.8 Å². The van der Waals surface area contributed by atoms with Gasteiger partial charge in [0.15, 0.2) is 0 Å². The summed E-state index contributed by atoms with van der Waals surface area (Å²) in [6, 6.07) is 4.57. The highest BCUT2D eigenvalue weighted by molar-refractivity contribution is 5.89. The first-order valence-corrected chi connectivity index (χ1v) is 6.47. The summed E-state index contributed by atoms with van der Waals surface area (Å²) in [7, 11) is 2.21. The molecule has 0 saturated carbocycles. The molecule has 0 atom stereocenters. The van der Waals surface area contributed by atoms with E-state index in [1.54, 1.807) is 5.56 Å². The van der Waals surface area contributed by atoms with Crippen LogP contribution in [0.5, 0.6) is 0 Å². The van der Waals surface area contributed by atoms with Crippen LogP contribution in [0.2, 0.25) is 0 Å². The lowest BCUT2D eigenvalue weighted by molar-refractivity contribution is 0.660. The largest absolute Gasteiger partial charge is 0.346 e. The quantitative estimate of drug-likeness (QED) is 0.733. The Labute approximate surface area is 103 Å². The predicted octanol–water partition coefficient (Wildman–Crippen LogP) is 2.83. The summed E-state index contributed by atoms with van der Waals surface area (Å²) in [6.45, 7) is 6.59. The summed E-state index contributed by atoms with van der Waals surface area (Å²) < 4.78 is 2.39. The molecule has 90 valence electrons. The second kappa shape index (κ2) is 3.88. The van der Waals surface area contributed by atoms with Crippen LogP contribution in [0.4, 0.5) is 0 Å². The molecule has 0 amide bonds. The average Bonchev–Trinajstić information content (AvgIpc) is 2.52. The molecule has 2 nitrogen and oxygen atoms in total. The van der Waals surface area contributed by atoms with Crippen molar-refractivity contribution in [2.45, 2.75) is 33.2 Å². The first kappa shape index (κ1) is 10.8. The fraction of sp³-hybridized carbons (Fsp3) is 0.467. The Morgan fingerprint density at radius 2 is 2.06 bits per heavy atom. The lowest BCUT2D eigenvalue weighted by atomic mass is 10.0. The first-order chi connectivity index (χ1) is 8.20. The number of hydrogen-bond acceptors (Lipinski definition) is 1. The molecule has 1 aromatic carbocycles. The third-order valence-corrected chi connectivity index (χ3v) is 4.19. The number of aryl methyl sites for hydroxylation is 4. The molecule has 17 heavy (non-hydrogen) atoms. The molecule has 0 saturated heterocycles. The molecule has 0 radical (unpaired) electrons. The van der Waals surface area contributed by atoms with Crippen molar-refractivity contribution in [3.8, 4) is 0 Å². The van der Waals surface area contributed by atoms with E-state index >= 15 is 0 Å². The predicted molar refractivity (Wildman–Crippen MR) is 72.4 cm³/mol. The first-order valence-electron chi connectivity index (χ1n) is 6.47. The molecule has 0 fully saturated rings. The van der Waals surface area contributed by atoms with Gasteiger partial charge in [-0.25, -0.2) is 0 Å². The summed E-state index contributed by atoms with van der Waals surface area (Å²) >= 11 is 0. The van der Waals surface area contributed by atoms with Crippen molar-refractivity contribution in [2.24, 2.45) is 7.05 Å². The minimum absolute atomic E-state index is 1.01. The van der Waals surface area contributed by atoms with Crippen LogP contribution < -0.4 is 5.32 Å². The molecule has 2 heterocycles. The van der Waals surface area contributed by atoms with Crippen molar-refractivity contribution < 1.29 is 0 Å². The van der Waals surface area contributed by atoms with Crippen molar-refractivity contribution in [1.82, 2.24) is 9.88 Å². The van der Waals surface area contributed by atoms with E-state index in [9.17, 15) is 0 Å². The van der Waals surface area contributed by atoms with E-state index in [2.05, 4.69) is 42.9 Å². The minimum Gasteiger partial charge on any atom is -0.346 e. The molecule has 0 bridgehead atoms. The summed E-state index contributed by atoms with van der Waals surface area (Å²) in [6.07, 6.45) is 2.46. The molecule has 1 aliphatic heterocycles. The molecule has 0 unspecified atom stereocenters. The van der Waals surface area contributed by atoms with Crippen LogP contribution in [0.3, 0.4) is 0 Å². The van der Waals surface area contributed by atoms with Crippen LogP contribution in [0.15, 0.2) is 12.1 Å². The van der Waals surface area contributed by atoms with Gasteiger partial charge in [0.1, 0.15) is 0 Å². The molecule has 1 N–H and O–H groups in total. The van der Waals surface area contributed by atoms with Gasteiger partial charge in [0.25, 0.3) is 0 Å². The number of nitrogens with one attached hydrogen (secondary N) is 1. The lowest BCUT2D eigenvalue weighted by Gasteiger charge is -2.07. The zero-order valence-corrected chi connectivity index (χ0v) is 10.9. The maximum absolute atomic E-state index is 3.52. The minimum atomic E-state index is 1.01. The van der Waals surface area contributed by atoms with Crippen LogP contribution in [-0.4, -0.2) is 11.1 Å². The maximum atomic E-state index is 3.52. The van der Waals surface area contributed by atoms with E-state index < -0.39 is 0 Å². The van der Waals surface area contributed by atoms with Gasteiger partial charge in [-0.3, -0.25) is 0 Å². The fourth-order valence-electron chi connectivity index (χ4n) is 3.07. The van der Waals surface area contributed by atoms with Gasteiger partial charge < -0.3 is 9.88 Å². The summed E-state index contributed by atoms with van der Waals surface area (Å²) in [5, 5.41) is 4.99. The molecule has 2 heteroatoms. The Balaban J connectivity index is 2.37. The van der Waals surface area contributed by atoms with Crippen molar-refractivity contribution in [3.63, 3.8) is 0 Å². The topological polar surface area (TPSA) is 17.0 Å². The molecule has 0 spiro atoms. The van der Waals surface area contributed by atoms with Crippen LogP contribution in [0.25, 0.3) is 10.9 Å². The van der Waals surface area contributed by atoms with Gasteiger partial charge in [-0.1, -0.05) is 12.1 Å². The highest BCUT2D eigenvalue weighted by Gasteiger charge is 2.18. The van der Waals surface area contributed by atoms with Gasteiger partial charge in [-0.2, -0.15) is 0 Å². The second-order valence-corrected chi connectivity index (χ2v) is 5.17. The monoisotopic (exact) mass is 228 g/mol. The molecule has 2 aromatic rings. The molecular weight excluding hydrogens is 208 g/mol. The Morgan fingerprint density at radius 1 is 1.24 bits per heavy atom. The second-order valence-electron chi connectivity index (χ2n) is 5.17. The van der Waals surface area contributed by atoms with E-state index in [-0.39, 0.29) is 0 Å². The lowest BCUT2D eigenvalue weighted by Crippen LogP contribution is -2.14. The van der Waals surface area contributed by atoms with Gasteiger partial charge in [0.2, 0.25) is 0 Å². The molecular formula is C15H20N2. The number of hydrogen-bond donors (Lipinski definition) is 1. The van der Waals surface area contributed by atoms with Gasteiger partial charge >= 0.3 is 0 Å². The fourth-order valence-corrected chi connectivity index (χ4v) is 3.07. The molecule has 0 aliphatic carbocycles. The van der Waals surface area contributed by atoms with E-state index in [1.807, 2.05) is 0 Å². The normalized spacial score (nSPS) is 15.9. The van der Waals surface area contributed by atoms with Crippen molar-refractivity contribution in [3.05, 3.63) is 34.5 Å². The molecule has 1 aliphatic rings. The van der Waals surface area contributed by atoms with Crippen LogP contribution >= 0.6 is 0 Å². The Kier molecular flexibility index (Phi) is 2.48. The van der Waals surface area contributed by atoms with Crippen LogP contribution in [0.1, 0.15) is 28.8 Å². The highest BCUT2D eigenvalue weighted by atomic mass is 15.0. The van der Waals surface area contributed by atoms with Crippen LogP contribution in [-0.2, 0) is 20.0 Å². The number of nitrogens with zero attached hydrogens (tertiary/aromatic N) is 1. The van der Waals surface area contributed by atoms with Gasteiger partial charge in [0, 0.05) is 24.7 Å². The smallest absolute Gasteiger partial charge is 0.0515 e. The summed E-state index contributed by atoms with van der Waals surface area (Å²) in [4.78, 5) is 0. The van der Waals surface area contributed by atoms with Crippen molar-refractivity contribution in [2.75, 3.05) is 6.54 Å². The number of benzene rings is 1. The SMILES string of the molecule is Cc1ccc2c3c(n(C)c2c1C)CNCCC3. The molecule has 3 rings (SSSR count). The van der Waals surface area contributed by atoms with E-state index in [0.717, 1.165) is 13.1 Å². The number of rotatable bonds is 0.